The van der Waals surface area contributed by atoms with Crippen LogP contribution in [0, 0.1) is 0 Å². The van der Waals surface area contributed by atoms with Crippen LogP contribution in [0.1, 0.15) is 19.3 Å². The highest BCUT2D eigenvalue weighted by atomic mass is 32.1. The Balaban J connectivity index is 1.48. The first kappa shape index (κ1) is 22.9. The molecular formula is C24H25N5O5S. The number of aromatic nitrogens is 3. The average Bonchev–Trinajstić information content (AvgIpc) is 3.57. The number of carbonyl (C=O) groups is 1. The molecule has 4 heterocycles. The maximum Gasteiger partial charge on any atom is 0.294 e. The third-order valence-corrected chi connectivity index (χ3v) is 6.95. The fourth-order valence-electron chi connectivity index (χ4n) is 4.10. The molecule has 1 fully saturated rings. The van der Waals surface area contributed by atoms with Gasteiger partial charge in [0.2, 0.25) is 5.91 Å². The second-order valence-corrected chi connectivity index (χ2v) is 9.11. The Morgan fingerprint density at radius 3 is 2.66 bits per heavy atom. The largest absolute Gasteiger partial charge is 0.493 e. The molecule has 10 nitrogen and oxygen atoms in total. The van der Waals surface area contributed by atoms with E-state index in [9.17, 15) is 9.59 Å². The standard InChI is InChI=1S/C24H25N5O5S/c1-32-16-9-8-15(13-18(16)33-2)25-19(30)14-29-23(31)21-22(20(27-29)17-7-6-12-34-17)35-24(26-21)28-10-4-3-5-11-28/h6-9,12-13H,3-5,10-11,14H2,1-2H3,(H,25,30). The molecule has 1 N–H and O–H groups in total. The first-order valence-corrected chi connectivity index (χ1v) is 12.1. The van der Waals surface area contributed by atoms with E-state index in [1.807, 2.05) is 0 Å². The molecule has 0 aliphatic carbocycles. The number of nitrogens with zero attached hydrogens (tertiary/aromatic N) is 4. The van der Waals surface area contributed by atoms with Crippen molar-refractivity contribution in [2.75, 3.05) is 37.5 Å². The van der Waals surface area contributed by atoms with Gasteiger partial charge in [0.15, 0.2) is 27.9 Å². The Morgan fingerprint density at radius 2 is 1.94 bits per heavy atom. The number of anilines is 2. The number of carbonyl (C=O) groups excluding carboxylic acids is 1. The first-order chi connectivity index (χ1) is 17.1. The Morgan fingerprint density at radius 1 is 1.14 bits per heavy atom. The third-order valence-electron chi connectivity index (χ3n) is 5.83. The van der Waals surface area contributed by atoms with Crippen molar-refractivity contribution >= 4 is 38.3 Å². The van der Waals surface area contributed by atoms with E-state index in [0.717, 1.165) is 35.7 Å². The summed E-state index contributed by atoms with van der Waals surface area (Å²) in [5.74, 6) is 1.13. The zero-order valence-corrected chi connectivity index (χ0v) is 20.3. The van der Waals surface area contributed by atoms with Gasteiger partial charge in [-0.05, 0) is 43.5 Å². The lowest BCUT2D eigenvalue weighted by atomic mass is 10.1. The molecule has 0 saturated carbocycles. The molecule has 3 aromatic heterocycles. The van der Waals surface area contributed by atoms with Crippen molar-refractivity contribution in [3.05, 3.63) is 46.9 Å². The molecule has 5 rings (SSSR count). The number of hydrogen-bond acceptors (Lipinski definition) is 9. The summed E-state index contributed by atoms with van der Waals surface area (Å²) in [4.78, 5) is 33.0. The number of benzene rings is 1. The van der Waals surface area contributed by atoms with Gasteiger partial charge in [-0.2, -0.15) is 5.10 Å². The van der Waals surface area contributed by atoms with E-state index < -0.39 is 11.5 Å². The van der Waals surface area contributed by atoms with E-state index in [4.69, 9.17) is 13.9 Å². The van der Waals surface area contributed by atoms with Crippen LogP contribution in [-0.4, -0.2) is 48.0 Å². The molecule has 1 aromatic carbocycles. The van der Waals surface area contributed by atoms with Crippen molar-refractivity contribution < 1.29 is 18.7 Å². The summed E-state index contributed by atoms with van der Waals surface area (Å²) >= 11 is 1.43. The molecule has 1 saturated heterocycles. The third kappa shape index (κ3) is 4.59. The molecule has 0 unspecified atom stereocenters. The molecule has 0 atom stereocenters. The molecule has 0 bridgehead atoms. The highest BCUT2D eigenvalue weighted by molar-refractivity contribution is 7.22. The van der Waals surface area contributed by atoms with E-state index in [1.165, 1.54) is 32.0 Å². The summed E-state index contributed by atoms with van der Waals surface area (Å²) in [6, 6.07) is 8.57. The van der Waals surface area contributed by atoms with Crippen LogP contribution in [-0.2, 0) is 11.3 Å². The van der Waals surface area contributed by atoms with Crippen molar-refractivity contribution in [3.63, 3.8) is 0 Å². The summed E-state index contributed by atoms with van der Waals surface area (Å²) in [6.45, 7) is 1.53. The number of nitrogens with one attached hydrogen (secondary N) is 1. The van der Waals surface area contributed by atoms with Crippen molar-refractivity contribution in [1.29, 1.82) is 0 Å². The van der Waals surface area contributed by atoms with Crippen molar-refractivity contribution in [1.82, 2.24) is 14.8 Å². The first-order valence-electron chi connectivity index (χ1n) is 11.3. The molecule has 1 aliphatic heterocycles. The number of methoxy groups -OCH3 is 2. The van der Waals surface area contributed by atoms with Crippen LogP contribution in [0.4, 0.5) is 10.8 Å². The normalized spacial score (nSPS) is 13.7. The van der Waals surface area contributed by atoms with E-state index in [2.05, 4.69) is 20.3 Å². The minimum atomic E-state index is -0.419. The number of fused-ring (bicyclic) bond motifs is 1. The summed E-state index contributed by atoms with van der Waals surface area (Å²) in [7, 11) is 3.06. The van der Waals surface area contributed by atoms with E-state index in [0.29, 0.717) is 33.3 Å². The number of amides is 1. The minimum absolute atomic E-state index is 0.284. The SMILES string of the molecule is COc1ccc(NC(=O)Cn2nc(-c3ccco3)c3sc(N4CCCCC4)nc3c2=O)cc1OC. The van der Waals surface area contributed by atoms with Gasteiger partial charge < -0.3 is 24.1 Å². The molecule has 4 aromatic rings. The lowest BCUT2D eigenvalue weighted by Gasteiger charge is -2.25. The Kier molecular flexibility index (Phi) is 6.41. The molecule has 11 heteroatoms. The fraction of sp³-hybridized carbons (Fsp3) is 0.333. The van der Waals surface area contributed by atoms with Crippen LogP contribution in [0.2, 0.25) is 0 Å². The van der Waals surface area contributed by atoms with Gasteiger partial charge >= 0.3 is 0 Å². The van der Waals surface area contributed by atoms with Gasteiger partial charge in [0.25, 0.3) is 5.56 Å². The van der Waals surface area contributed by atoms with Gasteiger partial charge in [-0.3, -0.25) is 9.59 Å². The predicted octanol–water partition coefficient (Wildman–Crippen LogP) is 3.76. The Bertz CT molecular complexity index is 1410. The van der Waals surface area contributed by atoms with Gasteiger partial charge in [0.05, 0.1) is 25.2 Å². The second kappa shape index (κ2) is 9.79. The molecule has 182 valence electrons. The molecular weight excluding hydrogens is 470 g/mol. The van der Waals surface area contributed by atoms with Gasteiger partial charge in [0.1, 0.15) is 12.2 Å². The maximum atomic E-state index is 13.3. The van der Waals surface area contributed by atoms with Crippen LogP contribution >= 0.6 is 11.3 Å². The average molecular weight is 496 g/mol. The van der Waals surface area contributed by atoms with E-state index in [-0.39, 0.29) is 12.1 Å². The number of ether oxygens (including phenoxy) is 2. The Hall–Kier alpha value is -3.86. The zero-order valence-electron chi connectivity index (χ0n) is 19.4. The van der Waals surface area contributed by atoms with Crippen LogP contribution in [0.3, 0.4) is 0 Å². The van der Waals surface area contributed by atoms with E-state index >= 15 is 0 Å². The highest BCUT2D eigenvalue weighted by Gasteiger charge is 2.23. The topological polar surface area (TPSA) is 112 Å². The zero-order chi connectivity index (χ0) is 24.4. The van der Waals surface area contributed by atoms with Crippen molar-refractivity contribution in [2.24, 2.45) is 0 Å². The number of thiazole rings is 1. The van der Waals surface area contributed by atoms with Gasteiger partial charge in [0, 0.05) is 24.8 Å². The molecule has 0 spiro atoms. The number of furan rings is 1. The van der Waals surface area contributed by atoms with Crippen molar-refractivity contribution in [3.8, 4) is 23.0 Å². The lowest BCUT2D eigenvalue weighted by Crippen LogP contribution is -2.30. The van der Waals surface area contributed by atoms with E-state index in [1.54, 1.807) is 36.6 Å². The summed E-state index contributed by atoms with van der Waals surface area (Å²) in [5, 5.41) is 8.07. The van der Waals surface area contributed by atoms with Crippen LogP contribution < -0.4 is 25.2 Å². The number of rotatable bonds is 7. The van der Waals surface area contributed by atoms with Crippen LogP contribution in [0.25, 0.3) is 21.7 Å². The number of hydrogen-bond donors (Lipinski definition) is 1. The van der Waals surface area contributed by atoms with Crippen LogP contribution in [0.15, 0.2) is 45.8 Å². The predicted molar refractivity (Wildman–Crippen MR) is 134 cm³/mol. The molecule has 35 heavy (non-hydrogen) atoms. The monoisotopic (exact) mass is 495 g/mol. The Labute approximate surface area is 205 Å². The lowest BCUT2D eigenvalue weighted by molar-refractivity contribution is -0.117. The molecule has 1 amide bonds. The van der Waals surface area contributed by atoms with Gasteiger partial charge in [-0.15, -0.1) is 0 Å². The van der Waals surface area contributed by atoms with Crippen LogP contribution in [0.5, 0.6) is 11.5 Å². The smallest absolute Gasteiger partial charge is 0.294 e. The second-order valence-electron chi connectivity index (χ2n) is 8.13. The fourth-order valence-corrected chi connectivity index (χ4v) is 5.20. The van der Waals surface area contributed by atoms with Gasteiger partial charge in [-0.25, -0.2) is 9.67 Å². The summed E-state index contributed by atoms with van der Waals surface area (Å²) in [5.41, 5.74) is 0.867. The molecule has 0 radical (unpaired) electrons. The number of piperidine rings is 1. The highest BCUT2D eigenvalue weighted by Crippen LogP contribution is 2.35. The molecule has 1 aliphatic rings. The summed E-state index contributed by atoms with van der Waals surface area (Å²) < 4.78 is 17.9. The van der Waals surface area contributed by atoms with Gasteiger partial charge in [-0.1, -0.05) is 11.3 Å². The van der Waals surface area contributed by atoms with Crippen molar-refractivity contribution in [2.45, 2.75) is 25.8 Å². The maximum absolute atomic E-state index is 13.3. The quantitative estimate of drug-likeness (QED) is 0.413. The minimum Gasteiger partial charge on any atom is -0.493 e. The summed E-state index contributed by atoms with van der Waals surface area (Å²) in [6.07, 6.45) is 4.94.